The molecule has 0 fully saturated rings. The molecule has 0 bridgehead atoms. The highest BCUT2D eigenvalue weighted by atomic mass is 35.5. The summed E-state index contributed by atoms with van der Waals surface area (Å²) in [6.07, 6.45) is 2.98. The predicted molar refractivity (Wildman–Crippen MR) is 85.7 cm³/mol. The second kappa shape index (κ2) is 7.00. The molecular formula is C17H15ClO4. The van der Waals surface area contributed by atoms with Gasteiger partial charge in [-0.15, -0.1) is 11.6 Å². The average Bonchev–Trinajstić information content (AvgIpc) is 2.52. The average molecular weight is 319 g/mol. The number of benzene rings is 2. The van der Waals surface area contributed by atoms with Gasteiger partial charge in [-0.05, 0) is 35.9 Å². The molecule has 0 saturated carbocycles. The van der Waals surface area contributed by atoms with Gasteiger partial charge in [-0.2, -0.15) is 0 Å². The van der Waals surface area contributed by atoms with Crippen molar-refractivity contribution in [3.8, 4) is 17.2 Å². The number of ketones is 1. The largest absolute Gasteiger partial charge is 0.508 e. The van der Waals surface area contributed by atoms with Gasteiger partial charge in [0.05, 0.1) is 18.6 Å². The summed E-state index contributed by atoms with van der Waals surface area (Å²) in [5.74, 6) is 0.276. The molecule has 0 amide bonds. The fraction of sp³-hybridized carbons (Fsp3) is 0.118. The van der Waals surface area contributed by atoms with Gasteiger partial charge in [-0.25, -0.2) is 0 Å². The number of rotatable bonds is 5. The Labute approximate surface area is 133 Å². The van der Waals surface area contributed by atoms with Gasteiger partial charge in [-0.3, -0.25) is 4.79 Å². The van der Waals surface area contributed by atoms with Crippen molar-refractivity contribution in [3.63, 3.8) is 0 Å². The van der Waals surface area contributed by atoms with Crippen molar-refractivity contribution in [3.05, 3.63) is 59.2 Å². The molecule has 0 aliphatic rings. The third-order valence-corrected chi connectivity index (χ3v) is 3.41. The third kappa shape index (κ3) is 3.59. The van der Waals surface area contributed by atoms with Gasteiger partial charge in [-0.1, -0.05) is 12.1 Å². The van der Waals surface area contributed by atoms with Crippen LogP contribution in [0.2, 0.25) is 0 Å². The smallest absolute Gasteiger partial charge is 0.189 e. The van der Waals surface area contributed by atoms with Crippen LogP contribution in [0.15, 0.2) is 42.5 Å². The minimum absolute atomic E-state index is 0.0973. The Kier molecular flexibility index (Phi) is 5.07. The fourth-order valence-corrected chi connectivity index (χ4v) is 2.21. The highest BCUT2D eigenvalue weighted by Crippen LogP contribution is 2.24. The first-order valence-corrected chi connectivity index (χ1v) is 7.06. The third-order valence-electron chi connectivity index (χ3n) is 3.12. The van der Waals surface area contributed by atoms with E-state index in [-0.39, 0.29) is 22.8 Å². The monoisotopic (exact) mass is 318 g/mol. The second-order valence-corrected chi connectivity index (χ2v) is 4.87. The lowest BCUT2D eigenvalue weighted by molar-refractivity contribution is 0.104. The Hall–Kier alpha value is -2.46. The fourth-order valence-electron chi connectivity index (χ4n) is 2.00. The summed E-state index contributed by atoms with van der Waals surface area (Å²) in [6.45, 7) is 0. The van der Waals surface area contributed by atoms with E-state index in [9.17, 15) is 15.0 Å². The summed E-state index contributed by atoms with van der Waals surface area (Å²) in [5, 5.41) is 18.9. The number of alkyl halides is 1. The topological polar surface area (TPSA) is 66.8 Å². The number of aromatic hydroxyl groups is 2. The van der Waals surface area contributed by atoms with Crippen LogP contribution in [0, 0.1) is 0 Å². The molecule has 0 aliphatic heterocycles. The Balaban J connectivity index is 2.22. The molecule has 2 aromatic carbocycles. The van der Waals surface area contributed by atoms with Crippen molar-refractivity contribution < 1.29 is 19.7 Å². The Morgan fingerprint density at radius 3 is 2.64 bits per heavy atom. The van der Waals surface area contributed by atoms with Crippen LogP contribution in [0.1, 0.15) is 21.5 Å². The lowest BCUT2D eigenvalue weighted by Crippen LogP contribution is -1.95. The minimum atomic E-state index is -0.360. The van der Waals surface area contributed by atoms with E-state index < -0.39 is 0 Å². The first-order valence-electron chi connectivity index (χ1n) is 6.52. The molecule has 0 saturated heterocycles. The molecular weight excluding hydrogens is 304 g/mol. The van der Waals surface area contributed by atoms with Crippen molar-refractivity contribution in [2.45, 2.75) is 5.88 Å². The van der Waals surface area contributed by atoms with Gasteiger partial charge < -0.3 is 14.9 Å². The number of hydrogen-bond donors (Lipinski definition) is 2. The van der Waals surface area contributed by atoms with E-state index in [1.807, 2.05) is 6.07 Å². The molecule has 0 spiro atoms. The van der Waals surface area contributed by atoms with E-state index in [0.717, 1.165) is 17.2 Å². The first kappa shape index (κ1) is 15.9. The predicted octanol–water partition coefficient (Wildman–Crippen LogP) is 3.74. The van der Waals surface area contributed by atoms with E-state index in [1.54, 1.807) is 25.3 Å². The zero-order valence-electron chi connectivity index (χ0n) is 11.9. The van der Waals surface area contributed by atoms with Crippen LogP contribution in [-0.4, -0.2) is 23.1 Å². The summed E-state index contributed by atoms with van der Waals surface area (Å²) in [7, 11) is 1.57. The zero-order chi connectivity index (χ0) is 16.1. The lowest BCUT2D eigenvalue weighted by atomic mass is 10.1. The van der Waals surface area contributed by atoms with E-state index in [0.29, 0.717) is 11.6 Å². The van der Waals surface area contributed by atoms with Crippen LogP contribution in [0.4, 0.5) is 0 Å². The van der Waals surface area contributed by atoms with Crippen LogP contribution in [0.3, 0.4) is 0 Å². The number of methoxy groups -OCH3 is 1. The van der Waals surface area contributed by atoms with E-state index >= 15 is 0 Å². The minimum Gasteiger partial charge on any atom is -0.508 e. The van der Waals surface area contributed by atoms with Crippen molar-refractivity contribution >= 4 is 23.5 Å². The number of phenols is 2. The Morgan fingerprint density at radius 1 is 1.23 bits per heavy atom. The van der Waals surface area contributed by atoms with Gasteiger partial charge in [0, 0.05) is 11.6 Å². The van der Waals surface area contributed by atoms with Gasteiger partial charge in [0.25, 0.3) is 0 Å². The molecule has 4 nitrogen and oxygen atoms in total. The van der Waals surface area contributed by atoms with Crippen molar-refractivity contribution in [1.82, 2.24) is 0 Å². The lowest BCUT2D eigenvalue weighted by Gasteiger charge is -2.06. The highest BCUT2D eigenvalue weighted by Gasteiger charge is 2.09. The molecule has 0 aromatic heterocycles. The van der Waals surface area contributed by atoms with Crippen LogP contribution in [-0.2, 0) is 5.88 Å². The Bertz CT molecular complexity index is 723. The molecule has 114 valence electrons. The molecule has 22 heavy (non-hydrogen) atoms. The van der Waals surface area contributed by atoms with Gasteiger partial charge in [0.15, 0.2) is 5.78 Å². The standard InChI is InChI=1S/C17H15ClO4/c1-22-17-7-3-11(8-12(17)10-18)2-6-15(20)14-5-4-13(19)9-16(14)21/h2-9,19,21H,10H2,1H3/b6-2+. The number of allylic oxidation sites excluding steroid dienone is 1. The summed E-state index contributed by atoms with van der Waals surface area (Å²) in [6, 6.07) is 9.25. The molecule has 0 heterocycles. The SMILES string of the molecule is COc1ccc(/C=C/C(=O)c2ccc(O)cc2O)cc1CCl. The van der Waals surface area contributed by atoms with Gasteiger partial charge >= 0.3 is 0 Å². The molecule has 0 radical (unpaired) electrons. The molecule has 2 N–H and O–H groups in total. The molecule has 5 heteroatoms. The van der Waals surface area contributed by atoms with Crippen LogP contribution < -0.4 is 4.74 Å². The van der Waals surface area contributed by atoms with E-state index in [4.69, 9.17) is 16.3 Å². The maximum Gasteiger partial charge on any atom is 0.189 e. The van der Waals surface area contributed by atoms with Crippen LogP contribution in [0.5, 0.6) is 17.2 Å². The maximum absolute atomic E-state index is 12.0. The number of carbonyl (C=O) groups excluding carboxylic acids is 1. The number of halogens is 1. The summed E-state index contributed by atoms with van der Waals surface area (Å²) < 4.78 is 5.18. The van der Waals surface area contributed by atoms with Crippen molar-refractivity contribution in [2.75, 3.05) is 7.11 Å². The second-order valence-electron chi connectivity index (χ2n) is 4.60. The molecule has 2 rings (SSSR count). The van der Waals surface area contributed by atoms with E-state index in [2.05, 4.69) is 0 Å². The number of ether oxygens (including phenoxy) is 1. The zero-order valence-corrected chi connectivity index (χ0v) is 12.7. The first-order chi connectivity index (χ1) is 10.5. The highest BCUT2D eigenvalue weighted by molar-refractivity contribution is 6.17. The molecule has 0 atom stereocenters. The molecule has 0 aliphatic carbocycles. The molecule has 0 unspecified atom stereocenters. The number of phenolic OH excluding ortho intramolecular Hbond substituents is 2. The van der Waals surface area contributed by atoms with Crippen molar-refractivity contribution in [2.24, 2.45) is 0 Å². The summed E-state index contributed by atoms with van der Waals surface area (Å²) in [4.78, 5) is 12.0. The summed E-state index contributed by atoms with van der Waals surface area (Å²) in [5.41, 5.74) is 1.74. The summed E-state index contributed by atoms with van der Waals surface area (Å²) >= 11 is 5.85. The van der Waals surface area contributed by atoms with Gasteiger partial charge in [0.1, 0.15) is 17.2 Å². The van der Waals surface area contributed by atoms with Gasteiger partial charge in [0.2, 0.25) is 0 Å². The van der Waals surface area contributed by atoms with Crippen LogP contribution in [0.25, 0.3) is 6.08 Å². The normalized spacial score (nSPS) is 10.8. The maximum atomic E-state index is 12.0. The van der Waals surface area contributed by atoms with Crippen molar-refractivity contribution in [1.29, 1.82) is 0 Å². The number of hydrogen-bond acceptors (Lipinski definition) is 4. The van der Waals surface area contributed by atoms with E-state index in [1.165, 1.54) is 18.2 Å². The Morgan fingerprint density at radius 2 is 2.00 bits per heavy atom. The molecule has 2 aromatic rings. The quantitative estimate of drug-likeness (QED) is 0.500. The van der Waals surface area contributed by atoms with Crippen LogP contribution >= 0.6 is 11.6 Å². The number of carbonyl (C=O) groups is 1.